The molecular weight excluding hydrogens is 266 g/mol. The molecular formula is C14H10ClNOS. The molecule has 0 aliphatic carbocycles. The van der Waals surface area contributed by atoms with Crippen LogP contribution in [0.5, 0.6) is 5.75 Å². The van der Waals surface area contributed by atoms with Crippen molar-refractivity contribution in [1.82, 2.24) is 0 Å². The molecule has 0 amide bonds. The van der Waals surface area contributed by atoms with Gasteiger partial charge < -0.3 is 4.74 Å². The Kier molecular flexibility index (Phi) is 4.14. The summed E-state index contributed by atoms with van der Waals surface area (Å²) in [6.07, 6.45) is 0. The molecule has 0 aliphatic heterocycles. The number of para-hydroxylation sites is 1. The molecule has 0 aliphatic rings. The first kappa shape index (κ1) is 12.8. The van der Waals surface area contributed by atoms with Crippen molar-refractivity contribution in [1.29, 1.82) is 5.26 Å². The Morgan fingerprint density at radius 3 is 2.56 bits per heavy atom. The lowest BCUT2D eigenvalue weighted by Crippen LogP contribution is -1.87. The minimum Gasteiger partial charge on any atom is -0.496 e. The van der Waals surface area contributed by atoms with Gasteiger partial charge in [0, 0.05) is 4.90 Å². The van der Waals surface area contributed by atoms with Crippen molar-refractivity contribution in [2.24, 2.45) is 0 Å². The van der Waals surface area contributed by atoms with E-state index in [1.54, 1.807) is 13.2 Å². The van der Waals surface area contributed by atoms with Crippen LogP contribution in [-0.2, 0) is 0 Å². The second kappa shape index (κ2) is 5.81. The van der Waals surface area contributed by atoms with Crippen LogP contribution in [-0.4, -0.2) is 7.11 Å². The molecule has 0 saturated heterocycles. The van der Waals surface area contributed by atoms with Gasteiger partial charge in [-0.15, -0.1) is 0 Å². The van der Waals surface area contributed by atoms with Gasteiger partial charge in [-0.3, -0.25) is 0 Å². The van der Waals surface area contributed by atoms with Crippen molar-refractivity contribution < 1.29 is 4.74 Å². The first-order valence-corrected chi connectivity index (χ1v) is 6.45. The molecule has 0 unspecified atom stereocenters. The highest BCUT2D eigenvalue weighted by atomic mass is 35.5. The van der Waals surface area contributed by atoms with E-state index in [1.807, 2.05) is 36.4 Å². The van der Waals surface area contributed by atoms with E-state index in [9.17, 15) is 0 Å². The molecule has 4 heteroatoms. The Balaban J connectivity index is 2.41. The minimum atomic E-state index is 0.470. The summed E-state index contributed by atoms with van der Waals surface area (Å²) >= 11 is 7.47. The number of rotatable bonds is 3. The number of benzene rings is 2. The third-order valence-corrected chi connectivity index (χ3v) is 3.81. The molecule has 0 radical (unpaired) electrons. The first-order chi connectivity index (χ1) is 8.76. The van der Waals surface area contributed by atoms with E-state index in [4.69, 9.17) is 21.6 Å². The van der Waals surface area contributed by atoms with Crippen LogP contribution in [0, 0.1) is 11.3 Å². The average Bonchev–Trinajstić information content (AvgIpc) is 2.40. The SMILES string of the molecule is COc1ccccc1Sc1cccc(Cl)c1C#N. The maximum absolute atomic E-state index is 9.12. The number of nitrogens with zero attached hydrogens (tertiary/aromatic N) is 1. The van der Waals surface area contributed by atoms with Crippen molar-refractivity contribution in [2.45, 2.75) is 9.79 Å². The second-order valence-corrected chi connectivity index (χ2v) is 4.97. The van der Waals surface area contributed by atoms with Crippen LogP contribution in [0.25, 0.3) is 0 Å². The number of halogens is 1. The molecule has 0 saturated carbocycles. The maximum atomic E-state index is 9.12. The van der Waals surface area contributed by atoms with Gasteiger partial charge in [0.2, 0.25) is 0 Å². The average molecular weight is 276 g/mol. The Morgan fingerprint density at radius 1 is 1.11 bits per heavy atom. The number of nitriles is 1. The molecule has 2 aromatic carbocycles. The van der Waals surface area contributed by atoms with Crippen molar-refractivity contribution in [3.05, 3.63) is 53.1 Å². The van der Waals surface area contributed by atoms with Crippen LogP contribution in [0.15, 0.2) is 52.3 Å². The highest BCUT2D eigenvalue weighted by Crippen LogP contribution is 2.37. The summed E-state index contributed by atoms with van der Waals surface area (Å²) in [5, 5.41) is 9.59. The summed E-state index contributed by atoms with van der Waals surface area (Å²) < 4.78 is 5.28. The zero-order chi connectivity index (χ0) is 13.0. The number of hydrogen-bond donors (Lipinski definition) is 0. The van der Waals surface area contributed by atoms with Gasteiger partial charge in [-0.2, -0.15) is 5.26 Å². The lowest BCUT2D eigenvalue weighted by atomic mass is 10.2. The second-order valence-electron chi connectivity index (χ2n) is 3.48. The Bertz CT molecular complexity index is 607. The van der Waals surface area contributed by atoms with Crippen molar-refractivity contribution in [2.75, 3.05) is 7.11 Å². The molecule has 0 N–H and O–H groups in total. The molecule has 0 fully saturated rings. The Morgan fingerprint density at radius 2 is 1.83 bits per heavy atom. The minimum absolute atomic E-state index is 0.470. The van der Waals surface area contributed by atoms with Crippen LogP contribution in [0.3, 0.4) is 0 Å². The van der Waals surface area contributed by atoms with E-state index >= 15 is 0 Å². The largest absolute Gasteiger partial charge is 0.496 e. The molecule has 2 nitrogen and oxygen atoms in total. The van der Waals surface area contributed by atoms with Crippen LogP contribution >= 0.6 is 23.4 Å². The number of ether oxygens (including phenoxy) is 1. The van der Waals surface area contributed by atoms with Crippen LogP contribution < -0.4 is 4.74 Å². The highest BCUT2D eigenvalue weighted by Gasteiger charge is 2.10. The van der Waals surface area contributed by atoms with Crippen molar-refractivity contribution in [3.8, 4) is 11.8 Å². The molecule has 0 atom stereocenters. The number of methoxy groups -OCH3 is 1. The van der Waals surface area contributed by atoms with E-state index in [1.165, 1.54) is 11.8 Å². The quantitative estimate of drug-likeness (QED) is 0.834. The summed E-state index contributed by atoms with van der Waals surface area (Å²) in [6.45, 7) is 0. The smallest absolute Gasteiger partial charge is 0.132 e. The van der Waals surface area contributed by atoms with Gasteiger partial charge in [0.05, 0.1) is 22.6 Å². The lowest BCUT2D eigenvalue weighted by molar-refractivity contribution is 0.405. The van der Waals surface area contributed by atoms with Gasteiger partial charge in [0.1, 0.15) is 11.8 Å². The van der Waals surface area contributed by atoms with Gasteiger partial charge in [-0.1, -0.05) is 41.6 Å². The zero-order valence-corrected chi connectivity index (χ0v) is 11.3. The molecule has 0 spiro atoms. The first-order valence-electron chi connectivity index (χ1n) is 5.25. The van der Waals surface area contributed by atoms with Gasteiger partial charge >= 0.3 is 0 Å². The number of hydrogen-bond acceptors (Lipinski definition) is 3. The molecule has 0 heterocycles. The van der Waals surface area contributed by atoms with Crippen LogP contribution in [0.2, 0.25) is 5.02 Å². The molecule has 2 rings (SSSR count). The normalized spacial score (nSPS) is 9.83. The molecule has 0 bridgehead atoms. The van der Waals surface area contributed by atoms with Gasteiger partial charge in [-0.05, 0) is 24.3 Å². The predicted molar refractivity (Wildman–Crippen MR) is 73.3 cm³/mol. The zero-order valence-electron chi connectivity index (χ0n) is 9.68. The van der Waals surface area contributed by atoms with E-state index < -0.39 is 0 Å². The molecule has 90 valence electrons. The third kappa shape index (κ3) is 2.61. The highest BCUT2D eigenvalue weighted by molar-refractivity contribution is 7.99. The summed E-state index contributed by atoms with van der Waals surface area (Å²) in [5.74, 6) is 0.784. The monoisotopic (exact) mass is 275 g/mol. The standard InChI is InChI=1S/C14H10ClNOS/c1-17-12-6-2-3-7-14(12)18-13-8-4-5-11(15)10(13)9-16/h2-8H,1H3. The van der Waals surface area contributed by atoms with E-state index in [0.717, 1.165) is 15.5 Å². The Hall–Kier alpha value is -1.63. The fourth-order valence-corrected chi connectivity index (χ4v) is 2.83. The summed E-state index contributed by atoms with van der Waals surface area (Å²) in [4.78, 5) is 1.79. The van der Waals surface area contributed by atoms with Crippen molar-refractivity contribution >= 4 is 23.4 Å². The molecule has 0 aromatic heterocycles. The van der Waals surface area contributed by atoms with Crippen LogP contribution in [0.1, 0.15) is 5.56 Å². The van der Waals surface area contributed by atoms with Crippen LogP contribution in [0.4, 0.5) is 0 Å². The molecule has 2 aromatic rings. The van der Waals surface area contributed by atoms with E-state index in [2.05, 4.69) is 6.07 Å². The van der Waals surface area contributed by atoms with Gasteiger partial charge in [0.15, 0.2) is 0 Å². The molecule has 18 heavy (non-hydrogen) atoms. The summed E-state index contributed by atoms with van der Waals surface area (Å²) in [7, 11) is 1.63. The predicted octanol–water partition coefficient (Wildman–Crippen LogP) is 4.37. The van der Waals surface area contributed by atoms with E-state index in [-0.39, 0.29) is 0 Å². The van der Waals surface area contributed by atoms with Gasteiger partial charge in [-0.25, -0.2) is 0 Å². The maximum Gasteiger partial charge on any atom is 0.132 e. The lowest BCUT2D eigenvalue weighted by Gasteiger charge is -2.09. The van der Waals surface area contributed by atoms with Gasteiger partial charge in [0.25, 0.3) is 0 Å². The summed E-state index contributed by atoms with van der Waals surface area (Å²) in [5.41, 5.74) is 0.495. The fraction of sp³-hybridized carbons (Fsp3) is 0.0714. The Labute approximate surface area is 115 Å². The third-order valence-electron chi connectivity index (χ3n) is 2.38. The fourth-order valence-electron chi connectivity index (χ4n) is 1.52. The van der Waals surface area contributed by atoms with Crippen molar-refractivity contribution in [3.63, 3.8) is 0 Å². The summed E-state index contributed by atoms with van der Waals surface area (Å²) in [6, 6.07) is 15.2. The van der Waals surface area contributed by atoms with E-state index in [0.29, 0.717) is 10.6 Å². The topological polar surface area (TPSA) is 33.0 Å².